The summed E-state index contributed by atoms with van der Waals surface area (Å²) in [5, 5.41) is 2.54. The molecule has 0 N–H and O–H groups in total. The number of rotatable bonds is 11. The van der Waals surface area contributed by atoms with Crippen LogP contribution in [0.3, 0.4) is 0 Å². The van der Waals surface area contributed by atoms with Gasteiger partial charge in [0, 0.05) is 56.7 Å². The van der Waals surface area contributed by atoms with E-state index in [2.05, 4.69) is 265 Å². The van der Waals surface area contributed by atoms with E-state index in [-0.39, 0.29) is 5.54 Å². The number of para-hydroxylation sites is 4. The van der Waals surface area contributed by atoms with Crippen LogP contribution in [0.2, 0.25) is 0 Å². The minimum absolute atomic E-state index is 0.0531. The first-order valence-corrected chi connectivity index (χ1v) is 25.3. The van der Waals surface area contributed by atoms with Gasteiger partial charge in [-0.2, -0.15) is 0 Å². The summed E-state index contributed by atoms with van der Waals surface area (Å²) in [4.78, 5) is 5.03. The van der Waals surface area contributed by atoms with E-state index in [0.717, 1.165) is 55.6 Å². The first-order chi connectivity index (χ1) is 34.5. The maximum Gasteiger partial charge on any atom is 0.0541 e. The molecule has 0 saturated carbocycles. The normalized spacial score (nSPS) is 19.8. The fraction of sp³-hybridized carbons (Fsp3) is 0.164. The Morgan fingerprint density at radius 2 is 1.39 bits per heavy atom. The molecule has 1 aromatic heterocycles. The molecule has 342 valence electrons. The van der Waals surface area contributed by atoms with Crippen LogP contribution in [0.4, 0.5) is 22.7 Å². The van der Waals surface area contributed by atoms with Gasteiger partial charge >= 0.3 is 0 Å². The molecule has 3 unspecified atom stereocenters. The molecule has 70 heavy (non-hydrogen) atoms. The van der Waals surface area contributed by atoms with Crippen LogP contribution in [0, 0.1) is 5.92 Å². The minimum atomic E-state index is 0.0531. The number of aromatic nitrogens is 1. The summed E-state index contributed by atoms with van der Waals surface area (Å²) < 4.78 is 2.37. The lowest BCUT2D eigenvalue weighted by Crippen LogP contribution is -2.47. The Balaban J connectivity index is 0.732. The van der Waals surface area contributed by atoms with Crippen LogP contribution < -0.4 is 9.80 Å². The van der Waals surface area contributed by atoms with Gasteiger partial charge in [-0.25, -0.2) is 0 Å². The Hall–Kier alpha value is -7.88. The Labute approximate surface area is 413 Å². The van der Waals surface area contributed by atoms with Gasteiger partial charge in [0.15, 0.2) is 0 Å². The van der Waals surface area contributed by atoms with Crippen molar-refractivity contribution in [1.29, 1.82) is 0 Å². The molecule has 0 bridgehead atoms. The van der Waals surface area contributed by atoms with Gasteiger partial charge in [-0.05, 0) is 165 Å². The molecule has 4 aliphatic rings. The predicted molar refractivity (Wildman–Crippen MR) is 297 cm³/mol. The number of allylic oxidation sites excluding steroid dienone is 12. The Kier molecular flexibility index (Phi) is 11.5. The van der Waals surface area contributed by atoms with Gasteiger partial charge in [-0.15, -0.1) is 0 Å². The molecule has 0 radical (unpaired) electrons. The highest BCUT2D eigenvalue weighted by molar-refractivity contribution is 6.10. The molecule has 0 fully saturated rings. The number of anilines is 4. The topological polar surface area (TPSA) is 11.4 Å². The highest BCUT2D eigenvalue weighted by Gasteiger charge is 2.50. The largest absolute Gasteiger partial charge is 0.335 e. The van der Waals surface area contributed by atoms with Gasteiger partial charge in [0.25, 0.3) is 0 Å². The van der Waals surface area contributed by atoms with Crippen LogP contribution in [0.1, 0.15) is 74.1 Å². The van der Waals surface area contributed by atoms with Crippen molar-refractivity contribution >= 4 is 55.7 Å². The molecule has 8 aromatic rings. The van der Waals surface area contributed by atoms with E-state index in [0.29, 0.717) is 11.8 Å². The number of nitrogens with zero attached hydrogens (tertiary/aromatic N) is 3. The summed E-state index contributed by atoms with van der Waals surface area (Å²) in [5.41, 5.74) is 19.2. The van der Waals surface area contributed by atoms with Gasteiger partial charge in [0.05, 0.1) is 16.6 Å². The zero-order valence-electron chi connectivity index (χ0n) is 40.3. The summed E-state index contributed by atoms with van der Waals surface area (Å²) in [6.07, 6.45) is 30.1. The standard InChI is InChI=1S/C67H59N3/c1-3-49(53-38-43-65-62(46-53)60-26-13-15-28-64(60)69(65)56-22-9-5-10-23-56)19-17-18-48-30-39-57(40-31-48)68(55-20-7-4-8-21-55)58-41-36-51(37-42-58)50-32-34-52(35-33-50)54-44-45-67(2)63(47-54)61-27-14-16-29-66(61)70(67)59-24-11-6-12-25-59/h3-5,7-11,13-17,19-34,36-44,46,52,63H,6,12,18,35,45,47H2,1-2H3/b19-17-,49-3+. The highest BCUT2D eigenvalue weighted by Crippen LogP contribution is 2.57. The first-order valence-electron chi connectivity index (χ1n) is 25.3. The average Bonchev–Trinajstić information content (AvgIpc) is 3.90. The van der Waals surface area contributed by atoms with E-state index in [1.165, 1.54) is 72.3 Å². The van der Waals surface area contributed by atoms with Crippen molar-refractivity contribution in [2.75, 3.05) is 9.80 Å². The lowest BCUT2D eigenvalue weighted by Gasteiger charge is -2.45. The van der Waals surface area contributed by atoms with E-state index >= 15 is 0 Å². The second-order valence-corrected chi connectivity index (χ2v) is 19.6. The molecule has 1 aliphatic heterocycles. The van der Waals surface area contributed by atoms with E-state index in [1.54, 1.807) is 5.57 Å². The lowest BCUT2D eigenvalue weighted by molar-refractivity contribution is 0.363. The highest BCUT2D eigenvalue weighted by atomic mass is 15.2. The van der Waals surface area contributed by atoms with Crippen LogP contribution in [0.25, 0.3) is 38.6 Å². The first kappa shape index (κ1) is 43.4. The van der Waals surface area contributed by atoms with Crippen molar-refractivity contribution in [3.8, 4) is 5.69 Å². The molecule has 3 heteroatoms. The predicted octanol–water partition coefficient (Wildman–Crippen LogP) is 17.7. The molecule has 2 heterocycles. The zero-order chi connectivity index (χ0) is 47.0. The Morgan fingerprint density at radius 1 is 0.671 bits per heavy atom. The van der Waals surface area contributed by atoms with Crippen molar-refractivity contribution in [3.63, 3.8) is 0 Å². The molecule has 3 atom stereocenters. The van der Waals surface area contributed by atoms with Crippen molar-refractivity contribution in [1.82, 2.24) is 4.57 Å². The third kappa shape index (κ3) is 7.90. The molecule has 0 amide bonds. The molecule has 0 saturated heterocycles. The molecule has 3 aliphatic carbocycles. The second-order valence-electron chi connectivity index (χ2n) is 19.6. The van der Waals surface area contributed by atoms with Crippen molar-refractivity contribution < 1.29 is 0 Å². The Morgan fingerprint density at radius 3 is 2.14 bits per heavy atom. The maximum absolute atomic E-state index is 2.66. The average molecular weight is 906 g/mol. The van der Waals surface area contributed by atoms with Crippen LogP contribution in [0.15, 0.2) is 248 Å². The fourth-order valence-electron chi connectivity index (χ4n) is 11.9. The van der Waals surface area contributed by atoms with Crippen LogP contribution in [-0.2, 0) is 6.42 Å². The molecule has 12 rings (SSSR count). The fourth-order valence-corrected chi connectivity index (χ4v) is 11.9. The maximum atomic E-state index is 2.66. The molecule has 0 spiro atoms. The molecule has 7 aromatic carbocycles. The third-order valence-corrected chi connectivity index (χ3v) is 15.5. The van der Waals surface area contributed by atoms with Crippen molar-refractivity contribution in [2.45, 2.75) is 63.8 Å². The number of hydrogen-bond donors (Lipinski definition) is 0. The van der Waals surface area contributed by atoms with Crippen molar-refractivity contribution in [2.24, 2.45) is 5.92 Å². The summed E-state index contributed by atoms with van der Waals surface area (Å²) >= 11 is 0. The summed E-state index contributed by atoms with van der Waals surface area (Å²) in [7, 11) is 0. The van der Waals surface area contributed by atoms with Crippen LogP contribution in [0.5, 0.6) is 0 Å². The quantitative estimate of drug-likeness (QED) is 0.0946. The SMILES string of the molecule is C/C=C(\C=C/Cc1ccc(N(c2ccccc2)c2ccc(C3=CCC(C4=CCC5(C)C(C4)c4ccccc4N5C4=CCCC=C4)C=C3)cc2)cc1)c1ccc2c(c1)c1ccccc1n2-c1ccccc1. The third-order valence-electron chi connectivity index (χ3n) is 15.5. The number of hydrogen-bond acceptors (Lipinski definition) is 2. The van der Waals surface area contributed by atoms with E-state index in [4.69, 9.17) is 0 Å². The second kappa shape index (κ2) is 18.6. The van der Waals surface area contributed by atoms with Gasteiger partial charge in [0.2, 0.25) is 0 Å². The van der Waals surface area contributed by atoms with Gasteiger partial charge in [-0.1, -0.05) is 163 Å². The van der Waals surface area contributed by atoms with Gasteiger partial charge < -0.3 is 14.4 Å². The van der Waals surface area contributed by atoms with Crippen LogP contribution >= 0.6 is 0 Å². The summed E-state index contributed by atoms with van der Waals surface area (Å²) in [5.74, 6) is 0.924. The van der Waals surface area contributed by atoms with E-state index in [1.807, 2.05) is 0 Å². The molecular formula is C67H59N3. The van der Waals surface area contributed by atoms with Crippen LogP contribution in [-0.4, -0.2) is 10.1 Å². The monoisotopic (exact) mass is 905 g/mol. The number of benzene rings is 7. The molecular weight excluding hydrogens is 847 g/mol. The lowest BCUT2D eigenvalue weighted by atomic mass is 9.70. The van der Waals surface area contributed by atoms with Crippen molar-refractivity contribution in [3.05, 3.63) is 270 Å². The molecule has 3 nitrogen and oxygen atoms in total. The summed E-state index contributed by atoms with van der Waals surface area (Å²) in [6, 6.07) is 64.4. The smallest absolute Gasteiger partial charge is 0.0541 e. The Bertz CT molecular complexity index is 3450. The zero-order valence-corrected chi connectivity index (χ0v) is 40.3. The summed E-state index contributed by atoms with van der Waals surface area (Å²) in [6.45, 7) is 4.63. The minimum Gasteiger partial charge on any atom is -0.335 e. The van der Waals surface area contributed by atoms with Gasteiger partial charge in [0.1, 0.15) is 0 Å². The van der Waals surface area contributed by atoms with Gasteiger partial charge in [-0.3, -0.25) is 0 Å². The van der Waals surface area contributed by atoms with E-state index in [9.17, 15) is 0 Å². The van der Waals surface area contributed by atoms with E-state index < -0.39 is 0 Å². The number of fused-ring (bicyclic) bond motifs is 6.